The van der Waals surface area contributed by atoms with Crippen LogP contribution in [0.4, 0.5) is 5.69 Å². The van der Waals surface area contributed by atoms with Gasteiger partial charge in [0.25, 0.3) is 0 Å². The second-order valence-corrected chi connectivity index (χ2v) is 8.90. The molecule has 0 aliphatic carbocycles. The van der Waals surface area contributed by atoms with E-state index in [0.29, 0.717) is 13.0 Å². The third-order valence-electron chi connectivity index (χ3n) is 4.04. The van der Waals surface area contributed by atoms with Gasteiger partial charge in [-0.3, -0.25) is 4.99 Å². The molecule has 0 heterocycles. The summed E-state index contributed by atoms with van der Waals surface area (Å²) in [6, 6.07) is 8.52. The van der Waals surface area contributed by atoms with Crippen LogP contribution < -0.4 is 15.5 Å². The lowest BCUT2D eigenvalue weighted by atomic mass is 10.2. The third-order valence-corrected chi connectivity index (χ3v) is 5.01. The zero-order valence-electron chi connectivity index (χ0n) is 17.2. The fraction of sp³-hybridized carbons (Fsp3) is 0.632. The van der Waals surface area contributed by atoms with E-state index in [0.717, 1.165) is 25.6 Å². The number of aliphatic imine (C=N–C) groups is 1. The van der Waals surface area contributed by atoms with Crippen LogP contribution in [-0.2, 0) is 9.84 Å². The summed E-state index contributed by atoms with van der Waals surface area (Å²) in [7, 11) is -2.94. The van der Waals surface area contributed by atoms with E-state index in [4.69, 9.17) is 0 Å². The van der Waals surface area contributed by atoms with Gasteiger partial charge in [0.05, 0.1) is 12.3 Å². The predicted octanol–water partition coefficient (Wildman–Crippen LogP) is 2.82. The number of halogens is 1. The quantitative estimate of drug-likeness (QED) is 0.288. The first-order chi connectivity index (χ1) is 12.2. The molecule has 156 valence electrons. The lowest BCUT2D eigenvalue weighted by Gasteiger charge is -2.23. The second kappa shape index (κ2) is 13.2. The van der Waals surface area contributed by atoms with Crippen molar-refractivity contribution in [3.8, 4) is 0 Å². The van der Waals surface area contributed by atoms with Crippen molar-refractivity contribution in [2.75, 3.05) is 43.1 Å². The van der Waals surface area contributed by atoms with E-state index in [2.05, 4.69) is 58.6 Å². The van der Waals surface area contributed by atoms with Crippen molar-refractivity contribution in [2.45, 2.75) is 40.2 Å². The monoisotopic (exact) mass is 510 g/mol. The number of guanidine groups is 1. The van der Waals surface area contributed by atoms with Crippen LogP contribution in [0, 0.1) is 6.92 Å². The number of rotatable bonds is 10. The SMILES string of the molecule is CCNC(=NCCN(CC)c1cccc(C)c1)NC(C)CCS(C)(=O)=O.I. The van der Waals surface area contributed by atoms with Gasteiger partial charge in [-0.15, -0.1) is 24.0 Å². The Hall–Kier alpha value is -1.03. The number of nitrogens with one attached hydrogen (secondary N) is 2. The van der Waals surface area contributed by atoms with E-state index >= 15 is 0 Å². The number of nitrogens with zero attached hydrogens (tertiary/aromatic N) is 2. The topological polar surface area (TPSA) is 73.8 Å². The van der Waals surface area contributed by atoms with E-state index in [-0.39, 0.29) is 35.8 Å². The Balaban J connectivity index is 0.00000676. The van der Waals surface area contributed by atoms with Gasteiger partial charge >= 0.3 is 0 Å². The number of aryl methyl sites for hydroxylation is 1. The largest absolute Gasteiger partial charge is 0.370 e. The van der Waals surface area contributed by atoms with Gasteiger partial charge in [0.15, 0.2) is 5.96 Å². The molecule has 1 aromatic rings. The molecule has 1 rings (SSSR count). The van der Waals surface area contributed by atoms with Crippen molar-refractivity contribution < 1.29 is 8.42 Å². The zero-order chi connectivity index (χ0) is 19.6. The molecule has 6 nitrogen and oxygen atoms in total. The minimum absolute atomic E-state index is 0. The van der Waals surface area contributed by atoms with Crippen molar-refractivity contribution in [3.05, 3.63) is 29.8 Å². The molecule has 0 radical (unpaired) electrons. The van der Waals surface area contributed by atoms with E-state index < -0.39 is 9.84 Å². The van der Waals surface area contributed by atoms with Gasteiger partial charge < -0.3 is 15.5 Å². The molecule has 0 saturated carbocycles. The van der Waals surface area contributed by atoms with Crippen molar-refractivity contribution in [2.24, 2.45) is 4.99 Å². The van der Waals surface area contributed by atoms with Crippen molar-refractivity contribution in [1.29, 1.82) is 0 Å². The summed E-state index contributed by atoms with van der Waals surface area (Å²) in [6.45, 7) is 11.4. The molecule has 0 spiro atoms. The molecular weight excluding hydrogens is 475 g/mol. The fourth-order valence-electron chi connectivity index (χ4n) is 2.59. The maximum Gasteiger partial charge on any atom is 0.191 e. The van der Waals surface area contributed by atoms with Gasteiger partial charge in [0.2, 0.25) is 0 Å². The normalized spacial score (nSPS) is 12.9. The maximum atomic E-state index is 11.3. The van der Waals surface area contributed by atoms with Gasteiger partial charge in [-0.2, -0.15) is 0 Å². The van der Waals surface area contributed by atoms with Crippen LogP contribution in [-0.4, -0.2) is 58.6 Å². The maximum absolute atomic E-state index is 11.3. The molecular formula is C19H35IN4O2S. The molecule has 2 N–H and O–H groups in total. The Morgan fingerprint density at radius 2 is 2.00 bits per heavy atom. The smallest absolute Gasteiger partial charge is 0.191 e. The molecule has 0 bridgehead atoms. The number of likely N-dealkylation sites (N-methyl/N-ethyl adjacent to an activating group) is 1. The molecule has 8 heteroatoms. The molecule has 0 saturated heterocycles. The highest BCUT2D eigenvalue weighted by Gasteiger charge is 2.10. The molecule has 1 aromatic carbocycles. The number of hydrogen-bond acceptors (Lipinski definition) is 4. The van der Waals surface area contributed by atoms with Gasteiger partial charge in [-0.1, -0.05) is 12.1 Å². The summed E-state index contributed by atoms with van der Waals surface area (Å²) in [5, 5.41) is 6.51. The Morgan fingerprint density at radius 3 is 2.56 bits per heavy atom. The standard InChI is InChI=1S/C19H34N4O2S.HI/c1-6-20-19(22-17(4)11-14-26(5,24)25)21-12-13-23(7-2)18-10-8-9-16(3)15-18;/h8-10,15,17H,6-7,11-14H2,1-5H3,(H2,20,21,22);1H. The van der Waals surface area contributed by atoms with Crippen molar-refractivity contribution in [1.82, 2.24) is 10.6 Å². The van der Waals surface area contributed by atoms with Gasteiger partial charge in [0.1, 0.15) is 9.84 Å². The Labute approximate surface area is 182 Å². The average molecular weight is 510 g/mol. The summed E-state index contributed by atoms with van der Waals surface area (Å²) in [4.78, 5) is 6.94. The van der Waals surface area contributed by atoms with Crippen molar-refractivity contribution in [3.63, 3.8) is 0 Å². The van der Waals surface area contributed by atoms with E-state index in [9.17, 15) is 8.42 Å². The van der Waals surface area contributed by atoms with Crippen LogP contribution in [0.5, 0.6) is 0 Å². The molecule has 0 aliphatic heterocycles. The minimum atomic E-state index is -2.94. The minimum Gasteiger partial charge on any atom is -0.370 e. The first-order valence-electron chi connectivity index (χ1n) is 9.29. The molecule has 0 aromatic heterocycles. The molecule has 1 unspecified atom stereocenters. The first kappa shape index (κ1) is 26.0. The van der Waals surface area contributed by atoms with Crippen LogP contribution in [0.15, 0.2) is 29.3 Å². The summed E-state index contributed by atoms with van der Waals surface area (Å²) >= 11 is 0. The lowest BCUT2D eigenvalue weighted by Crippen LogP contribution is -2.43. The molecule has 0 amide bonds. The lowest BCUT2D eigenvalue weighted by molar-refractivity contribution is 0.581. The highest BCUT2D eigenvalue weighted by molar-refractivity contribution is 14.0. The summed E-state index contributed by atoms with van der Waals surface area (Å²) in [5.41, 5.74) is 2.46. The average Bonchev–Trinajstić information content (AvgIpc) is 2.56. The first-order valence-corrected chi connectivity index (χ1v) is 11.4. The van der Waals surface area contributed by atoms with Gasteiger partial charge in [0, 0.05) is 37.6 Å². The number of sulfone groups is 1. The number of hydrogen-bond donors (Lipinski definition) is 2. The van der Waals surface area contributed by atoms with Crippen LogP contribution in [0.2, 0.25) is 0 Å². The highest BCUT2D eigenvalue weighted by atomic mass is 127. The summed E-state index contributed by atoms with van der Waals surface area (Å²) < 4.78 is 22.6. The fourth-order valence-corrected chi connectivity index (χ4v) is 3.38. The van der Waals surface area contributed by atoms with Crippen molar-refractivity contribution >= 4 is 45.5 Å². The van der Waals surface area contributed by atoms with E-state index in [1.807, 2.05) is 13.8 Å². The molecule has 0 fully saturated rings. The third kappa shape index (κ3) is 11.4. The Morgan fingerprint density at radius 1 is 1.30 bits per heavy atom. The predicted molar refractivity (Wildman–Crippen MR) is 127 cm³/mol. The van der Waals surface area contributed by atoms with Gasteiger partial charge in [-0.25, -0.2) is 8.42 Å². The van der Waals surface area contributed by atoms with E-state index in [1.165, 1.54) is 17.5 Å². The highest BCUT2D eigenvalue weighted by Crippen LogP contribution is 2.15. The summed E-state index contributed by atoms with van der Waals surface area (Å²) in [6.07, 6.45) is 1.83. The molecule has 0 aliphatic rings. The molecule has 27 heavy (non-hydrogen) atoms. The van der Waals surface area contributed by atoms with E-state index in [1.54, 1.807) is 0 Å². The zero-order valence-corrected chi connectivity index (χ0v) is 20.3. The number of benzene rings is 1. The van der Waals surface area contributed by atoms with Crippen LogP contribution >= 0.6 is 24.0 Å². The summed E-state index contributed by atoms with van der Waals surface area (Å²) in [5.74, 6) is 0.908. The molecule has 1 atom stereocenters. The Bertz CT molecular complexity index is 680. The Kier molecular flexibility index (Phi) is 12.7. The number of anilines is 1. The van der Waals surface area contributed by atoms with Gasteiger partial charge in [-0.05, 0) is 51.8 Å². The van der Waals surface area contributed by atoms with Crippen LogP contribution in [0.1, 0.15) is 32.8 Å². The van der Waals surface area contributed by atoms with Crippen LogP contribution in [0.25, 0.3) is 0 Å². The van der Waals surface area contributed by atoms with Crippen LogP contribution in [0.3, 0.4) is 0 Å². The second-order valence-electron chi connectivity index (χ2n) is 6.64.